The number of rotatable bonds is 4. The van der Waals surface area contributed by atoms with E-state index in [1.54, 1.807) is 12.1 Å². The molecule has 0 fully saturated rings. The summed E-state index contributed by atoms with van der Waals surface area (Å²) in [7, 11) is 0. The molecule has 1 N–H and O–H groups in total. The van der Waals surface area contributed by atoms with E-state index >= 15 is 0 Å². The second-order valence-electron chi connectivity index (χ2n) is 4.61. The summed E-state index contributed by atoms with van der Waals surface area (Å²) in [6.07, 6.45) is 0. The van der Waals surface area contributed by atoms with Crippen LogP contribution in [0.5, 0.6) is 0 Å². The van der Waals surface area contributed by atoms with Gasteiger partial charge in [0.2, 0.25) is 0 Å². The first-order valence-electron chi connectivity index (χ1n) is 6.15. The lowest BCUT2D eigenvalue weighted by atomic mass is 10.0. The number of nitrogens with zero attached hydrogens (tertiary/aromatic N) is 1. The van der Waals surface area contributed by atoms with Crippen molar-refractivity contribution in [2.24, 2.45) is 0 Å². The lowest BCUT2D eigenvalue weighted by Crippen LogP contribution is -2.01. The summed E-state index contributed by atoms with van der Waals surface area (Å²) in [6.45, 7) is 4.28. The number of aromatic nitrogens is 1. The third kappa shape index (κ3) is 3.52. The van der Waals surface area contributed by atoms with E-state index in [4.69, 9.17) is 16.7 Å². The Morgan fingerprint density at radius 2 is 1.85 bits per heavy atom. The summed E-state index contributed by atoms with van der Waals surface area (Å²) in [4.78, 5) is 16.1. The maximum Gasteiger partial charge on any atom is 0.356 e. The zero-order chi connectivity index (χ0) is 14.7. The lowest BCUT2D eigenvalue weighted by molar-refractivity contribution is 0.0690. The highest BCUT2D eigenvalue weighted by atomic mass is 35.5. The molecule has 1 aromatic heterocycles. The van der Waals surface area contributed by atoms with Crippen LogP contribution in [0.4, 0.5) is 0 Å². The molecule has 0 aliphatic carbocycles. The number of benzene rings is 1. The van der Waals surface area contributed by atoms with Gasteiger partial charge in [-0.25, -0.2) is 9.78 Å². The fourth-order valence-corrected chi connectivity index (χ4v) is 2.65. The summed E-state index contributed by atoms with van der Waals surface area (Å²) >= 11 is 7.21. The number of hydrogen-bond acceptors (Lipinski definition) is 3. The smallest absolute Gasteiger partial charge is 0.356 e. The van der Waals surface area contributed by atoms with Crippen LogP contribution in [0.3, 0.4) is 0 Å². The molecule has 0 aliphatic rings. The van der Waals surface area contributed by atoms with Crippen molar-refractivity contribution in [2.45, 2.75) is 29.7 Å². The van der Waals surface area contributed by atoms with Crippen LogP contribution in [-0.2, 0) is 0 Å². The molecule has 0 saturated heterocycles. The van der Waals surface area contributed by atoms with Gasteiger partial charge >= 0.3 is 5.97 Å². The van der Waals surface area contributed by atoms with Gasteiger partial charge in [-0.2, -0.15) is 0 Å². The van der Waals surface area contributed by atoms with Crippen molar-refractivity contribution in [3.05, 3.63) is 52.7 Å². The van der Waals surface area contributed by atoms with E-state index < -0.39 is 5.97 Å². The second-order valence-corrected chi connectivity index (χ2v) is 6.11. The van der Waals surface area contributed by atoms with Gasteiger partial charge in [0, 0.05) is 4.90 Å². The number of carboxylic acid groups (broad SMARTS) is 1. The molecule has 0 aliphatic heterocycles. The summed E-state index contributed by atoms with van der Waals surface area (Å²) < 4.78 is 0. The molecule has 104 valence electrons. The average molecular weight is 308 g/mol. The minimum atomic E-state index is -1.12. The Morgan fingerprint density at radius 3 is 2.40 bits per heavy atom. The average Bonchev–Trinajstić information content (AvgIpc) is 2.41. The van der Waals surface area contributed by atoms with E-state index in [1.807, 2.05) is 12.1 Å². The number of halogens is 1. The molecule has 1 heterocycles. The highest BCUT2D eigenvalue weighted by Crippen LogP contribution is 2.29. The molecule has 0 spiro atoms. The van der Waals surface area contributed by atoms with E-state index in [1.165, 1.54) is 17.3 Å². The highest BCUT2D eigenvalue weighted by Gasteiger charge is 2.12. The Balaban J connectivity index is 2.21. The van der Waals surface area contributed by atoms with Crippen LogP contribution in [0.15, 0.2) is 46.3 Å². The van der Waals surface area contributed by atoms with Crippen molar-refractivity contribution in [1.82, 2.24) is 4.98 Å². The van der Waals surface area contributed by atoms with Gasteiger partial charge in [-0.15, -0.1) is 0 Å². The fraction of sp³-hybridized carbons (Fsp3) is 0.200. The largest absolute Gasteiger partial charge is 0.476 e. The van der Waals surface area contributed by atoms with E-state index in [-0.39, 0.29) is 10.7 Å². The molecule has 20 heavy (non-hydrogen) atoms. The molecule has 0 bridgehead atoms. The Bertz CT molecular complexity index is 626. The monoisotopic (exact) mass is 307 g/mol. The van der Waals surface area contributed by atoms with Crippen molar-refractivity contribution < 1.29 is 9.90 Å². The van der Waals surface area contributed by atoms with Crippen molar-refractivity contribution in [3.8, 4) is 0 Å². The van der Waals surface area contributed by atoms with E-state index in [0.29, 0.717) is 10.9 Å². The highest BCUT2D eigenvalue weighted by molar-refractivity contribution is 7.99. The molecule has 5 heteroatoms. The molecule has 0 unspecified atom stereocenters. The quantitative estimate of drug-likeness (QED) is 0.889. The third-order valence-electron chi connectivity index (χ3n) is 2.79. The summed E-state index contributed by atoms with van der Waals surface area (Å²) in [5, 5.41) is 9.76. The first kappa shape index (κ1) is 14.9. The van der Waals surface area contributed by atoms with E-state index in [2.05, 4.69) is 31.0 Å². The zero-order valence-corrected chi connectivity index (χ0v) is 12.7. The first-order valence-corrected chi connectivity index (χ1v) is 7.34. The topological polar surface area (TPSA) is 50.2 Å². The van der Waals surface area contributed by atoms with Crippen LogP contribution in [-0.4, -0.2) is 16.1 Å². The molecule has 2 aromatic rings. The van der Waals surface area contributed by atoms with Gasteiger partial charge < -0.3 is 5.11 Å². The van der Waals surface area contributed by atoms with Gasteiger partial charge in [0.05, 0.1) is 5.02 Å². The number of pyridine rings is 1. The van der Waals surface area contributed by atoms with Gasteiger partial charge in [0.1, 0.15) is 5.03 Å². The molecule has 0 radical (unpaired) electrons. The third-order valence-corrected chi connectivity index (χ3v) is 4.04. The van der Waals surface area contributed by atoms with Crippen LogP contribution in [0.2, 0.25) is 5.02 Å². The van der Waals surface area contributed by atoms with Crippen molar-refractivity contribution in [3.63, 3.8) is 0 Å². The van der Waals surface area contributed by atoms with E-state index in [0.717, 1.165) is 4.90 Å². The Kier molecular flexibility index (Phi) is 4.68. The Hall–Kier alpha value is -1.52. The number of aromatic carboxylic acids is 1. The van der Waals surface area contributed by atoms with Crippen LogP contribution < -0.4 is 0 Å². The Morgan fingerprint density at radius 1 is 1.20 bits per heavy atom. The predicted molar refractivity (Wildman–Crippen MR) is 80.9 cm³/mol. The van der Waals surface area contributed by atoms with Crippen molar-refractivity contribution >= 4 is 29.3 Å². The van der Waals surface area contributed by atoms with Gasteiger partial charge in [-0.1, -0.05) is 49.3 Å². The molecular formula is C15H14ClNO2S. The van der Waals surface area contributed by atoms with Gasteiger partial charge in [-0.05, 0) is 35.7 Å². The second kappa shape index (κ2) is 6.29. The number of carbonyl (C=O) groups is 1. The molecule has 2 rings (SSSR count). The van der Waals surface area contributed by atoms with Crippen molar-refractivity contribution in [1.29, 1.82) is 0 Å². The van der Waals surface area contributed by atoms with Gasteiger partial charge in [0.25, 0.3) is 0 Å². The minimum Gasteiger partial charge on any atom is -0.476 e. The summed E-state index contributed by atoms with van der Waals surface area (Å²) in [5.41, 5.74) is 1.15. The zero-order valence-electron chi connectivity index (χ0n) is 11.1. The maximum atomic E-state index is 11.0. The fourth-order valence-electron chi connectivity index (χ4n) is 1.67. The van der Waals surface area contributed by atoms with Crippen LogP contribution >= 0.6 is 23.4 Å². The molecule has 0 saturated carbocycles. The maximum absolute atomic E-state index is 11.0. The van der Waals surface area contributed by atoms with Crippen LogP contribution in [0.25, 0.3) is 0 Å². The van der Waals surface area contributed by atoms with Gasteiger partial charge in [0.15, 0.2) is 5.69 Å². The number of carboxylic acids is 1. The van der Waals surface area contributed by atoms with E-state index in [9.17, 15) is 4.79 Å². The first-order chi connectivity index (χ1) is 9.47. The SMILES string of the molecule is CC(C)c1ccc(Sc2ccc(Cl)c(C(=O)O)n2)cc1. The molecule has 3 nitrogen and oxygen atoms in total. The summed E-state index contributed by atoms with van der Waals surface area (Å²) in [6, 6.07) is 11.4. The lowest BCUT2D eigenvalue weighted by Gasteiger charge is -2.07. The molecule has 1 aromatic carbocycles. The van der Waals surface area contributed by atoms with Crippen molar-refractivity contribution in [2.75, 3.05) is 0 Å². The predicted octanol–water partition coefficient (Wildman–Crippen LogP) is 4.71. The normalized spacial score (nSPS) is 10.8. The van der Waals surface area contributed by atoms with Crippen LogP contribution in [0, 0.1) is 0 Å². The standard InChI is InChI=1S/C15H14ClNO2S/c1-9(2)10-3-5-11(6-4-10)20-13-8-7-12(16)14(17-13)15(18)19/h3-9H,1-2H3,(H,18,19). The minimum absolute atomic E-state index is 0.115. The molecule has 0 atom stereocenters. The number of hydrogen-bond donors (Lipinski definition) is 1. The Labute approximate surface area is 127 Å². The molecular weight excluding hydrogens is 294 g/mol. The van der Waals surface area contributed by atoms with Gasteiger partial charge in [-0.3, -0.25) is 0 Å². The van der Waals surface area contributed by atoms with Crippen LogP contribution in [0.1, 0.15) is 35.8 Å². The summed E-state index contributed by atoms with van der Waals surface area (Å²) in [5.74, 6) is -0.631. The molecule has 0 amide bonds.